The van der Waals surface area contributed by atoms with Crippen molar-refractivity contribution in [2.24, 2.45) is 0 Å². The molecule has 7 nitrogen and oxygen atoms in total. The number of aryl methyl sites for hydroxylation is 2. The highest BCUT2D eigenvalue weighted by atomic mass is 16.6. The SMILES string of the molecule is CCC(C)(C)N(C(=O)CNC(=O)OC(C)(C)C)C(C(=O)Nc1ccc2ccccc2c1)c1c(C)cccc1C. The van der Waals surface area contributed by atoms with Gasteiger partial charge in [0.1, 0.15) is 18.2 Å². The second-order valence-corrected chi connectivity index (χ2v) is 11.5. The minimum Gasteiger partial charge on any atom is -0.444 e. The molecule has 7 heteroatoms. The van der Waals surface area contributed by atoms with Gasteiger partial charge in [-0.05, 0) is 94.5 Å². The lowest BCUT2D eigenvalue weighted by molar-refractivity contribution is -0.145. The lowest BCUT2D eigenvalue weighted by atomic mass is 9.89. The Kier molecular flexibility index (Phi) is 9.05. The van der Waals surface area contributed by atoms with Crippen LogP contribution in [0.5, 0.6) is 0 Å². The van der Waals surface area contributed by atoms with Crippen LogP contribution in [0.3, 0.4) is 0 Å². The maximum absolute atomic E-state index is 14.2. The number of alkyl carbamates (subject to hydrolysis) is 1. The smallest absolute Gasteiger partial charge is 0.408 e. The highest BCUT2D eigenvalue weighted by Gasteiger charge is 2.41. The zero-order chi connectivity index (χ0) is 29.0. The monoisotopic (exact) mass is 531 g/mol. The minimum absolute atomic E-state index is 0.303. The summed E-state index contributed by atoms with van der Waals surface area (Å²) >= 11 is 0. The number of nitrogens with one attached hydrogen (secondary N) is 2. The minimum atomic E-state index is -0.930. The van der Waals surface area contributed by atoms with Crippen LogP contribution in [-0.4, -0.2) is 40.5 Å². The van der Waals surface area contributed by atoms with Crippen LogP contribution in [0, 0.1) is 13.8 Å². The topological polar surface area (TPSA) is 87.7 Å². The van der Waals surface area contributed by atoms with E-state index in [2.05, 4.69) is 10.6 Å². The van der Waals surface area contributed by atoms with Gasteiger partial charge in [0.05, 0.1) is 0 Å². The van der Waals surface area contributed by atoms with Crippen LogP contribution < -0.4 is 10.6 Å². The first-order valence-electron chi connectivity index (χ1n) is 13.4. The van der Waals surface area contributed by atoms with Crippen molar-refractivity contribution in [3.05, 3.63) is 77.4 Å². The summed E-state index contributed by atoms with van der Waals surface area (Å²) in [6.07, 6.45) is -0.0927. The second-order valence-electron chi connectivity index (χ2n) is 11.5. The summed E-state index contributed by atoms with van der Waals surface area (Å²) in [6, 6.07) is 18.6. The van der Waals surface area contributed by atoms with E-state index in [-0.39, 0.29) is 18.4 Å². The number of rotatable bonds is 8. The Bertz CT molecular complexity index is 1340. The molecule has 1 unspecified atom stereocenters. The van der Waals surface area contributed by atoms with Crippen molar-refractivity contribution in [1.82, 2.24) is 10.2 Å². The van der Waals surface area contributed by atoms with Gasteiger partial charge in [0, 0.05) is 11.2 Å². The van der Waals surface area contributed by atoms with Crippen LogP contribution in [-0.2, 0) is 14.3 Å². The Labute approximate surface area is 231 Å². The van der Waals surface area contributed by atoms with Crippen LogP contribution >= 0.6 is 0 Å². The van der Waals surface area contributed by atoms with E-state index in [1.54, 1.807) is 25.7 Å². The van der Waals surface area contributed by atoms with E-state index in [1.807, 2.05) is 95.3 Å². The Morgan fingerprint density at radius 2 is 1.49 bits per heavy atom. The quantitative estimate of drug-likeness (QED) is 0.339. The fourth-order valence-corrected chi connectivity index (χ4v) is 4.66. The summed E-state index contributed by atoms with van der Waals surface area (Å²) < 4.78 is 5.32. The van der Waals surface area contributed by atoms with Gasteiger partial charge >= 0.3 is 6.09 Å². The zero-order valence-corrected chi connectivity index (χ0v) is 24.3. The normalized spacial score (nSPS) is 12.5. The van der Waals surface area contributed by atoms with Crippen LogP contribution in [0.15, 0.2) is 60.7 Å². The third-order valence-corrected chi connectivity index (χ3v) is 6.91. The van der Waals surface area contributed by atoms with Gasteiger partial charge in [-0.25, -0.2) is 4.79 Å². The van der Waals surface area contributed by atoms with Gasteiger partial charge in [0.15, 0.2) is 0 Å². The highest BCUT2D eigenvalue weighted by Crippen LogP contribution is 2.35. The number of anilines is 1. The van der Waals surface area contributed by atoms with Crippen molar-refractivity contribution in [1.29, 1.82) is 0 Å². The van der Waals surface area contributed by atoms with Crippen molar-refractivity contribution in [3.8, 4) is 0 Å². The molecular weight excluding hydrogens is 490 g/mol. The molecule has 0 fully saturated rings. The predicted octanol–water partition coefficient (Wildman–Crippen LogP) is 6.68. The molecule has 3 amide bonds. The maximum Gasteiger partial charge on any atom is 0.408 e. The summed E-state index contributed by atoms with van der Waals surface area (Å²) in [6.45, 7) is 14.7. The summed E-state index contributed by atoms with van der Waals surface area (Å²) in [5, 5.41) is 7.72. The van der Waals surface area contributed by atoms with Gasteiger partial charge in [-0.15, -0.1) is 0 Å². The fourth-order valence-electron chi connectivity index (χ4n) is 4.66. The van der Waals surface area contributed by atoms with Gasteiger partial charge in [-0.3, -0.25) is 9.59 Å². The van der Waals surface area contributed by atoms with Crippen LogP contribution in [0.4, 0.5) is 10.5 Å². The van der Waals surface area contributed by atoms with Gasteiger partial charge in [0.25, 0.3) is 5.91 Å². The molecule has 3 aromatic rings. The maximum atomic E-state index is 14.2. The Morgan fingerprint density at radius 1 is 0.872 bits per heavy atom. The number of ether oxygens (including phenoxy) is 1. The number of fused-ring (bicyclic) bond motifs is 1. The molecule has 0 saturated heterocycles. The average Bonchev–Trinajstić information content (AvgIpc) is 2.85. The third kappa shape index (κ3) is 7.37. The highest BCUT2D eigenvalue weighted by molar-refractivity contribution is 6.00. The molecule has 0 radical (unpaired) electrons. The Hall–Kier alpha value is -3.87. The van der Waals surface area contributed by atoms with Crippen molar-refractivity contribution in [2.75, 3.05) is 11.9 Å². The summed E-state index contributed by atoms with van der Waals surface area (Å²) in [5.74, 6) is -0.705. The van der Waals surface area contributed by atoms with E-state index in [4.69, 9.17) is 4.74 Å². The second kappa shape index (κ2) is 11.9. The number of amides is 3. The lowest BCUT2D eigenvalue weighted by Crippen LogP contribution is -2.55. The summed E-state index contributed by atoms with van der Waals surface area (Å²) in [4.78, 5) is 42.0. The van der Waals surface area contributed by atoms with Crippen LogP contribution in [0.25, 0.3) is 10.8 Å². The van der Waals surface area contributed by atoms with E-state index in [0.29, 0.717) is 12.1 Å². The number of benzene rings is 3. The van der Waals surface area contributed by atoms with Gasteiger partial charge < -0.3 is 20.3 Å². The first-order chi connectivity index (χ1) is 18.2. The summed E-state index contributed by atoms with van der Waals surface area (Å²) in [7, 11) is 0. The number of nitrogens with zero attached hydrogens (tertiary/aromatic N) is 1. The molecule has 0 bridgehead atoms. The Morgan fingerprint density at radius 3 is 2.08 bits per heavy atom. The van der Waals surface area contributed by atoms with Gasteiger partial charge in [-0.1, -0.05) is 55.5 Å². The van der Waals surface area contributed by atoms with E-state index < -0.39 is 23.3 Å². The molecule has 0 saturated carbocycles. The largest absolute Gasteiger partial charge is 0.444 e. The molecule has 0 heterocycles. The van der Waals surface area contributed by atoms with Crippen molar-refractivity contribution >= 4 is 34.4 Å². The fraction of sp³-hybridized carbons (Fsp3) is 0.406. The molecule has 0 aliphatic carbocycles. The predicted molar refractivity (Wildman–Crippen MR) is 157 cm³/mol. The van der Waals surface area contributed by atoms with Gasteiger partial charge in [-0.2, -0.15) is 0 Å². The number of hydrogen-bond acceptors (Lipinski definition) is 4. The van der Waals surface area contributed by atoms with E-state index >= 15 is 0 Å². The van der Waals surface area contributed by atoms with E-state index in [1.165, 1.54) is 0 Å². The molecule has 39 heavy (non-hydrogen) atoms. The molecule has 3 rings (SSSR count). The van der Waals surface area contributed by atoms with Gasteiger partial charge in [0.2, 0.25) is 5.91 Å². The molecule has 0 spiro atoms. The first-order valence-corrected chi connectivity index (χ1v) is 13.4. The van der Waals surface area contributed by atoms with Crippen LogP contribution in [0.1, 0.15) is 70.7 Å². The molecular formula is C32H41N3O4. The number of carbonyl (C=O) groups is 3. The molecule has 0 aliphatic heterocycles. The van der Waals surface area contributed by atoms with Crippen molar-refractivity contribution in [3.63, 3.8) is 0 Å². The molecule has 0 aromatic heterocycles. The Balaban J connectivity index is 2.04. The zero-order valence-electron chi connectivity index (χ0n) is 24.3. The third-order valence-electron chi connectivity index (χ3n) is 6.91. The molecule has 208 valence electrons. The standard InChI is InChI=1S/C32H41N3O4/c1-9-32(7,8)35(26(36)20-33-30(38)39-31(4,5)6)28(27-21(2)13-12-14-22(27)3)29(37)34-25-18-17-23-15-10-11-16-24(23)19-25/h10-19,28H,9,20H2,1-8H3,(H,33,38)(H,34,37). The lowest BCUT2D eigenvalue weighted by Gasteiger charge is -2.44. The number of hydrogen-bond donors (Lipinski definition) is 2. The number of carbonyl (C=O) groups excluding carboxylic acids is 3. The molecule has 1 atom stereocenters. The molecule has 3 aromatic carbocycles. The van der Waals surface area contributed by atoms with E-state index in [9.17, 15) is 14.4 Å². The van der Waals surface area contributed by atoms with E-state index in [0.717, 1.165) is 27.5 Å². The summed E-state index contributed by atoms with van der Waals surface area (Å²) in [5.41, 5.74) is 1.81. The molecule has 2 N–H and O–H groups in total. The first kappa shape index (κ1) is 29.7. The average molecular weight is 532 g/mol. The van der Waals surface area contributed by atoms with Crippen molar-refractivity contribution < 1.29 is 19.1 Å². The molecule has 0 aliphatic rings. The van der Waals surface area contributed by atoms with Crippen LogP contribution in [0.2, 0.25) is 0 Å². The van der Waals surface area contributed by atoms with Crippen molar-refractivity contribution in [2.45, 2.75) is 79.0 Å².